The smallest absolute Gasteiger partial charge is 0.129 e. The molecule has 1 fully saturated rings. The number of aromatic nitrogens is 1. The fraction of sp³-hybridized carbons (Fsp3) is 0.400. The number of halogens is 2. The topological polar surface area (TPSA) is 38.9 Å². The third-order valence-electron chi connectivity index (χ3n) is 4.29. The Morgan fingerprint density at radius 2 is 1.84 bits per heavy atom. The molecule has 1 aromatic carbocycles. The van der Waals surface area contributed by atoms with Crippen LogP contribution in [0.25, 0.3) is 10.9 Å². The Hall–Kier alpha value is -0.830. The lowest BCUT2D eigenvalue weighted by molar-refractivity contribution is 0.454. The Balaban J connectivity index is 2.20. The van der Waals surface area contributed by atoms with E-state index in [1.165, 1.54) is 18.4 Å². The van der Waals surface area contributed by atoms with Crippen molar-refractivity contribution in [1.29, 1.82) is 0 Å². The van der Waals surface area contributed by atoms with Crippen LogP contribution in [0.2, 0.25) is 10.2 Å². The molecule has 0 spiro atoms. The molecule has 3 rings (SSSR count). The van der Waals surface area contributed by atoms with E-state index in [1.807, 2.05) is 12.1 Å². The molecule has 0 atom stereocenters. The third-order valence-corrected chi connectivity index (χ3v) is 4.91. The van der Waals surface area contributed by atoms with Gasteiger partial charge in [0.25, 0.3) is 0 Å². The molecule has 0 radical (unpaired) electrons. The summed E-state index contributed by atoms with van der Waals surface area (Å²) in [5, 5.41) is 2.24. The number of benzene rings is 1. The molecule has 2 aromatic rings. The first-order valence-corrected chi connectivity index (χ1v) is 7.37. The first kappa shape index (κ1) is 13.2. The van der Waals surface area contributed by atoms with Crippen molar-refractivity contribution in [3.05, 3.63) is 40.0 Å². The largest absolute Gasteiger partial charge is 0.330 e. The van der Waals surface area contributed by atoms with Crippen molar-refractivity contribution in [3.8, 4) is 0 Å². The lowest BCUT2D eigenvalue weighted by Crippen LogP contribution is -2.32. The van der Waals surface area contributed by atoms with Gasteiger partial charge < -0.3 is 5.73 Å². The number of nitrogens with zero attached hydrogens (tertiary/aromatic N) is 1. The van der Waals surface area contributed by atoms with E-state index in [4.69, 9.17) is 28.9 Å². The monoisotopic (exact) mass is 294 g/mol. The maximum absolute atomic E-state index is 6.60. The molecule has 0 bridgehead atoms. The van der Waals surface area contributed by atoms with E-state index in [0.717, 1.165) is 28.8 Å². The first-order chi connectivity index (χ1) is 9.16. The minimum absolute atomic E-state index is 0.0465. The van der Waals surface area contributed by atoms with Crippen molar-refractivity contribution >= 4 is 34.1 Å². The Bertz CT molecular complexity index is 619. The van der Waals surface area contributed by atoms with Gasteiger partial charge >= 0.3 is 0 Å². The Morgan fingerprint density at radius 3 is 2.53 bits per heavy atom. The predicted molar refractivity (Wildman–Crippen MR) is 81.0 cm³/mol. The standard InChI is InChI=1S/C15H16Cl2N2/c16-13-6-3-10-12(19-13)5-4-11(14(10)17)15(9-18)7-1-2-8-15/h3-6H,1-2,7-9,18H2. The van der Waals surface area contributed by atoms with Gasteiger partial charge in [0.2, 0.25) is 0 Å². The van der Waals surface area contributed by atoms with Gasteiger partial charge in [0, 0.05) is 17.3 Å². The summed E-state index contributed by atoms with van der Waals surface area (Å²) in [7, 11) is 0. The molecule has 1 aromatic heterocycles. The summed E-state index contributed by atoms with van der Waals surface area (Å²) in [5.74, 6) is 0. The van der Waals surface area contributed by atoms with E-state index in [1.54, 1.807) is 6.07 Å². The van der Waals surface area contributed by atoms with Gasteiger partial charge in [-0.3, -0.25) is 0 Å². The molecular weight excluding hydrogens is 279 g/mol. The SMILES string of the molecule is NCC1(c2ccc3nc(Cl)ccc3c2Cl)CCCC1. The van der Waals surface area contributed by atoms with Crippen molar-refractivity contribution < 1.29 is 0 Å². The van der Waals surface area contributed by atoms with E-state index >= 15 is 0 Å². The molecule has 2 nitrogen and oxygen atoms in total. The highest BCUT2D eigenvalue weighted by Crippen LogP contribution is 2.44. The normalized spacial score (nSPS) is 18.1. The minimum Gasteiger partial charge on any atom is -0.330 e. The molecule has 0 saturated heterocycles. The van der Waals surface area contributed by atoms with Crippen LogP contribution in [0, 0.1) is 0 Å². The Kier molecular flexibility index (Phi) is 3.42. The second kappa shape index (κ2) is 4.93. The second-order valence-electron chi connectivity index (χ2n) is 5.32. The number of hydrogen-bond donors (Lipinski definition) is 1. The van der Waals surface area contributed by atoms with Crippen LogP contribution < -0.4 is 5.73 Å². The summed E-state index contributed by atoms with van der Waals surface area (Å²) < 4.78 is 0. The average Bonchev–Trinajstić information content (AvgIpc) is 2.88. The molecule has 1 aliphatic carbocycles. The van der Waals surface area contributed by atoms with E-state index < -0.39 is 0 Å². The number of pyridine rings is 1. The van der Waals surface area contributed by atoms with E-state index in [0.29, 0.717) is 11.7 Å². The molecule has 19 heavy (non-hydrogen) atoms. The highest BCUT2D eigenvalue weighted by molar-refractivity contribution is 6.36. The highest BCUT2D eigenvalue weighted by Gasteiger charge is 2.36. The van der Waals surface area contributed by atoms with Crippen molar-refractivity contribution in [3.63, 3.8) is 0 Å². The van der Waals surface area contributed by atoms with Crippen LogP contribution in [0.4, 0.5) is 0 Å². The molecule has 1 heterocycles. The maximum Gasteiger partial charge on any atom is 0.129 e. The van der Waals surface area contributed by atoms with Gasteiger partial charge in [-0.15, -0.1) is 0 Å². The van der Waals surface area contributed by atoms with Gasteiger partial charge in [-0.1, -0.05) is 42.1 Å². The summed E-state index contributed by atoms with van der Waals surface area (Å²) in [6.45, 7) is 0.652. The van der Waals surface area contributed by atoms with E-state index in [2.05, 4.69) is 11.1 Å². The summed E-state index contributed by atoms with van der Waals surface area (Å²) in [5.41, 5.74) is 8.10. The van der Waals surface area contributed by atoms with Crippen LogP contribution >= 0.6 is 23.2 Å². The van der Waals surface area contributed by atoms with Crippen LogP contribution in [0.5, 0.6) is 0 Å². The maximum atomic E-state index is 6.60. The van der Waals surface area contributed by atoms with Crippen LogP contribution in [0.1, 0.15) is 31.2 Å². The average molecular weight is 295 g/mol. The van der Waals surface area contributed by atoms with Crippen LogP contribution in [-0.2, 0) is 5.41 Å². The number of rotatable bonds is 2. The summed E-state index contributed by atoms with van der Waals surface area (Å²) >= 11 is 12.5. The Labute approximate surface area is 122 Å². The van der Waals surface area contributed by atoms with Crippen molar-refractivity contribution in [2.45, 2.75) is 31.1 Å². The van der Waals surface area contributed by atoms with Crippen LogP contribution in [-0.4, -0.2) is 11.5 Å². The highest BCUT2D eigenvalue weighted by atomic mass is 35.5. The summed E-state index contributed by atoms with van der Waals surface area (Å²) in [4.78, 5) is 4.30. The van der Waals surface area contributed by atoms with Gasteiger partial charge in [0.05, 0.1) is 10.5 Å². The molecule has 4 heteroatoms. The predicted octanol–water partition coefficient (Wildman–Crippen LogP) is 4.31. The second-order valence-corrected chi connectivity index (χ2v) is 6.08. The fourth-order valence-corrected chi connectivity index (χ4v) is 3.77. The van der Waals surface area contributed by atoms with Gasteiger partial charge in [0.1, 0.15) is 5.15 Å². The third kappa shape index (κ3) is 2.12. The van der Waals surface area contributed by atoms with Gasteiger partial charge in [-0.05, 0) is 36.6 Å². The fourth-order valence-electron chi connectivity index (χ4n) is 3.19. The zero-order valence-corrected chi connectivity index (χ0v) is 12.1. The van der Waals surface area contributed by atoms with Gasteiger partial charge in [-0.2, -0.15) is 0 Å². The van der Waals surface area contributed by atoms with Crippen molar-refractivity contribution in [2.75, 3.05) is 6.54 Å². The lowest BCUT2D eigenvalue weighted by atomic mass is 9.78. The quantitative estimate of drug-likeness (QED) is 0.838. The number of nitrogens with two attached hydrogens (primary N) is 1. The molecule has 1 saturated carbocycles. The number of fused-ring (bicyclic) bond motifs is 1. The van der Waals surface area contributed by atoms with Crippen molar-refractivity contribution in [2.24, 2.45) is 5.73 Å². The molecule has 100 valence electrons. The zero-order valence-electron chi connectivity index (χ0n) is 10.6. The molecule has 0 unspecified atom stereocenters. The molecule has 0 aliphatic heterocycles. The van der Waals surface area contributed by atoms with E-state index in [-0.39, 0.29) is 5.41 Å². The zero-order chi connectivity index (χ0) is 13.5. The summed E-state index contributed by atoms with van der Waals surface area (Å²) in [6.07, 6.45) is 4.69. The van der Waals surface area contributed by atoms with Gasteiger partial charge in [0.15, 0.2) is 0 Å². The molecular formula is C15H16Cl2N2. The van der Waals surface area contributed by atoms with Gasteiger partial charge in [-0.25, -0.2) is 4.98 Å². The van der Waals surface area contributed by atoms with E-state index in [9.17, 15) is 0 Å². The summed E-state index contributed by atoms with van der Waals surface area (Å²) in [6, 6.07) is 7.79. The minimum atomic E-state index is 0.0465. The van der Waals surface area contributed by atoms with Crippen molar-refractivity contribution in [1.82, 2.24) is 4.98 Å². The lowest BCUT2D eigenvalue weighted by Gasteiger charge is -2.29. The molecule has 0 amide bonds. The number of hydrogen-bond acceptors (Lipinski definition) is 2. The Morgan fingerprint density at radius 1 is 1.11 bits per heavy atom. The van der Waals surface area contributed by atoms with Crippen LogP contribution in [0.3, 0.4) is 0 Å². The van der Waals surface area contributed by atoms with Crippen LogP contribution in [0.15, 0.2) is 24.3 Å². The molecule has 1 aliphatic rings. The first-order valence-electron chi connectivity index (χ1n) is 6.62. The molecule has 2 N–H and O–H groups in total.